The van der Waals surface area contributed by atoms with Gasteiger partial charge in [0.05, 0.1) is 31.9 Å². The average molecular weight is 428 g/mol. The molecule has 0 unspecified atom stereocenters. The summed E-state index contributed by atoms with van der Waals surface area (Å²) in [7, 11) is 0. The van der Waals surface area contributed by atoms with E-state index in [1.54, 1.807) is 10.8 Å². The number of Topliss-reactive ketones (excluding diaryl/α,β-unsaturated/α-hetero) is 1. The molecule has 2 fully saturated rings. The molecule has 3 heterocycles. The van der Waals surface area contributed by atoms with E-state index in [4.69, 9.17) is 4.74 Å². The van der Waals surface area contributed by atoms with Crippen molar-refractivity contribution in [1.82, 2.24) is 14.8 Å². The molecule has 2 N–H and O–H groups in total. The van der Waals surface area contributed by atoms with Crippen LogP contribution in [0.2, 0.25) is 0 Å². The van der Waals surface area contributed by atoms with Crippen molar-refractivity contribution in [3.8, 4) is 0 Å². The molecule has 0 spiro atoms. The van der Waals surface area contributed by atoms with Crippen molar-refractivity contribution in [2.24, 2.45) is 0 Å². The highest BCUT2D eigenvalue weighted by Gasteiger charge is 2.24. The third-order valence-electron chi connectivity index (χ3n) is 6.22. The van der Waals surface area contributed by atoms with E-state index in [9.17, 15) is 14.4 Å². The molecule has 8 nitrogen and oxygen atoms in total. The SMILES string of the molecule is O=C(NCC[NH+]1CCOCC1)C(=O)c1cn(CC(=O)N2CCCCC2)c2ccccc12. The third kappa shape index (κ3) is 5.14. The van der Waals surface area contributed by atoms with Gasteiger partial charge in [-0.15, -0.1) is 0 Å². The lowest BCUT2D eigenvalue weighted by atomic mass is 10.1. The van der Waals surface area contributed by atoms with Crippen molar-refractivity contribution in [3.05, 3.63) is 36.0 Å². The first-order valence-corrected chi connectivity index (χ1v) is 11.2. The summed E-state index contributed by atoms with van der Waals surface area (Å²) in [5, 5.41) is 3.46. The van der Waals surface area contributed by atoms with Gasteiger partial charge in [-0.05, 0) is 25.3 Å². The Hall–Kier alpha value is -2.71. The molecule has 0 saturated carbocycles. The van der Waals surface area contributed by atoms with Gasteiger partial charge in [-0.2, -0.15) is 0 Å². The van der Waals surface area contributed by atoms with Gasteiger partial charge in [-0.25, -0.2) is 0 Å². The van der Waals surface area contributed by atoms with Gasteiger partial charge in [0.1, 0.15) is 19.6 Å². The van der Waals surface area contributed by atoms with Crippen LogP contribution < -0.4 is 10.2 Å². The van der Waals surface area contributed by atoms with E-state index in [2.05, 4.69) is 5.32 Å². The van der Waals surface area contributed by atoms with Crippen molar-refractivity contribution >= 4 is 28.5 Å². The number of fused-ring (bicyclic) bond motifs is 1. The highest BCUT2D eigenvalue weighted by Crippen LogP contribution is 2.22. The number of piperidine rings is 1. The molecule has 2 saturated heterocycles. The second-order valence-corrected chi connectivity index (χ2v) is 8.33. The lowest BCUT2D eigenvalue weighted by Gasteiger charge is -2.27. The van der Waals surface area contributed by atoms with Crippen LogP contribution in [0.1, 0.15) is 29.6 Å². The molecule has 0 bridgehead atoms. The van der Waals surface area contributed by atoms with Crippen LogP contribution in [0, 0.1) is 0 Å². The Morgan fingerprint density at radius 3 is 2.55 bits per heavy atom. The topological polar surface area (TPSA) is 85.1 Å². The summed E-state index contributed by atoms with van der Waals surface area (Å²) < 4.78 is 7.14. The third-order valence-corrected chi connectivity index (χ3v) is 6.22. The van der Waals surface area contributed by atoms with Gasteiger partial charge in [0, 0.05) is 30.2 Å². The van der Waals surface area contributed by atoms with E-state index in [-0.39, 0.29) is 12.5 Å². The van der Waals surface area contributed by atoms with E-state index in [0.717, 1.165) is 70.7 Å². The zero-order valence-corrected chi connectivity index (χ0v) is 17.9. The highest BCUT2D eigenvalue weighted by atomic mass is 16.5. The number of benzene rings is 1. The number of aromatic nitrogens is 1. The number of ketones is 1. The van der Waals surface area contributed by atoms with Crippen LogP contribution in [0.5, 0.6) is 0 Å². The van der Waals surface area contributed by atoms with E-state index >= 15 is 0 Å². The second kappa shape index (κ2) is 10.1. The smallest absolute Gasteiger partial charge is 0.292 e. The molecule has 2 aromatic rings. The normalized spacial score (nSPS) is 17.6. The number of carbonyl (C=O) groups excluding carboxylic acids is 3. The number of quaternary nitrogens is 1. The molecule has 0 atom stereocenters. The van der Waals surface area contributed by atoms with Crippen molar-refractivity contribution in [2.45, 2.75) is 25.8 Å². The Kier molecular flexibility index (Phi) is 6.99. The number of nitrogens with zero attached hydrogens (tertiary/aromatic N) is 2. The van der Waals surface area contributed by atoms with Crippen LogP contribution in [-0.4, -0.2) is 79.5 Å². The molecular formula is C23H31N4O4+. The molecule has 1 aromatic heterocycles. The average Bonchev–Trinajstić information content (AvgIpc) is 3.18. The molecular weight excluding hydrogens is 396 g/mol. The van der Waals surface area contributed by atoms with Gasteiger partial charge in [0.25, 0.3) is 11.7 Å². The van der Waals surface area contributed by atoms with Gasteiger partial charge in [-0.1, -0.05) is 18.2 Å². The summed E-state index contributed by atoms with van der Waals surface area (Å²) in [6, 6.07) is 7.43. The van der Waals surface area contributed by atoms with Crippen LogP contribution in [0.3, 0.4) is 0 Å². The molecule has 4 rings (SSSR count). The van der Waals surface area contributed by atoms with E-state index in [1.165, 1.54) is 4.90 Å². The maximum Gasteiger partial charge on any atom is 0.292 e. The largest absolute Gasteiger partial charge is 0.370 e. The number of morpholine rings is 1. The zero-order chi connectivity index (χ0) is 21.6. The molecule has 2 aliphatic heterocycles. The van der Waals surface area contributed by atoms with Crippen LogP contribution in [0.15, 0.2) is 30.5 Å². The predicted octanol–water partition coefficient (Wildman–Crippen LogP) is -0.132. The number of ether oxygens (including phenoxy) is 1. The summed E-state index contributed by atoms with van der Waals surface area (Å²) in [5.74, 6) is -1.10. The number of likely N-dealkylation sites (tertiary alicyclic amines) is 1. The standard InChI is InChI=1S/C23H30N4O4/c28-21(26-9-4-1-5-10-26)17-27-16-19(18-6-2-3-7-20(18)27)22(29)23(30)24-8-11-25-12-14-31-15-13-25/h2-3,6-7,16H,1,4-5,8-15,17H2,(H,24,30)/p+1. The molecule has 1 aromatic carbocycles. The highest BCUT2D eigenvalue weighted by molar-refractivity contribution is 6.45. The first-order valence-electron chi connectivity index (χ1n) is 11.2. The van der Waals surface area contributed by atoms with Crippen LogP contribution in [-0.2, 0) is 20.9 Å². The van der Waals surface area contributed by atoms with Crippen molar-refractivity contribution in [1.29, 1.82) is 0 Å². The monoisotopic (exact) mass is 427 g/mol. The molecule has 166 valence electrons. The Morgan fingerprint density at radius 2 is 1.77 bits per heavy atom. The number of carbonyl (C=O) groups is 3. The van der Waals surface area contributed by atoms with Gasteiger partial charge in [-0.3, -0.25) is 14.4 Å². The van der Waals surface area contributed by atoms with Gasteiger partial charge in [0.15, 0.2) is 0 Å². The van der Waals surface area contributed by atoms with Crippen molar-refractivity contribution < 1.29 is 24.0 Å². The fraction of sp³-hybridized carbons (Fsp3) is 0.522. The number of hydrogen-bond acceptors (Lipinski definition) is 4. The lowest BCUT2D eigenvalue weighted by molar-refractivity contribution is -0.906. The maximum atomic E-state index is 12.9. The minimum absolute atomic E-state index is 0.0531. The molecule has 0 aliphatic carbocycles. The minimum Gasteiger partial charge on any atom is -0.370 e. The van der Waals surface area contributed by atoms with Crippen molar-refractivity contribution in [2.75, 3.05) is 52.5 Å². The summed E-state index contributed by atoms with van der Waals surface area (Å²) >= 11 is 0. The van der Waals surface area contributed by atoms with Crippen LogP contribution in [0.25, 0.3) is 10.9 Å². The molecule has 2 aliphatic rings. The Balaban J connectivity index is 1.43. The van der Waals surface area contributed by atoms with Gasteiger partial charge in [0.2, 0.25) is 5.91 Å². The molecule has 8 heteroatoms. The van der Waals surface area contributed by atoms with Gasteiger partial charge >= 0.3 is 0 Å². The van der Waals surface area contributed by atoms with E-state index < -0.39 is 11.7 Å². The van der Waals surface area contributed by atoms with Crippen LogP contribution in [0.4, 0.5) is 0 Å². The number of nitrogens with one attached hydrogen (secondary N) is 2. The molecule has 2 amide bonds. The minimum atomic E-state index is -0.599. The molecule has 31 heavy (non-hydrogen) atoms. The number of hydrogen-bond donors (Lipinski definition) is 2. The Bertz CT molecular complexity index is 942. The fourth-order valence-corrected chi connectivity index (χ4v) is 4.41. The lowest BCUT2D eigenvalue weighted by Crippen LogP contribution is -3.14. The number of rotatable bonds is 7. The maximum absolute atomic E-state index is 12.9. The first-order chi connectivity index (χ1) is 15.1. The van der Waals surface area contributed by atoms with Crippen molar-refractivity contribution in [3.63, 3.8) is 0 Å². The Morgan fingerprint density at radius 1 is 1.03 bits per heavy atom. The zero-order valence-electron chi connectivity index (χ0n) is 17.9. The predicted molar refractivity (Wildman–Crippen MR) is 116 cm³/mol. The second-order valence-electron chi connectivity index (χ2n) is 8.33. The quantitative estimate of drug-likeness (QED) is 0.476. The van der Waals surface area contributed by atoms with E-state index in [1.807, 2.05) is 29.2 Å². The number of amides is 2. The molecule has 0 radical (unpaired) electrons. The summed E-state index contributed by atoms with van der Waals surface area (Å²) in [5.41, 5.74) is 1.14. The summed E-state index contributed by atoms with van der Waals surface area (Å²) in [4.78, 5) is 41.4. The fourth-order valence-electron chi connectivity index (χ4n) is 4.41. The van der Waals surface area contributed by atoms with E-state index in [0.29, 0.717) is 17.5 Å². The Labute approximate surface area is 182 Å². The summed E-state index contributed by atoms with van der Waals surface area (Å²) in [6.45, 7) is 6.28. The van der Waals surface area contributed by atoms with Gasteiger partial charge < -0.3 is 24.4 Å². The summed E-state index contributed by atoms with van der Waals surface area (Å²) in [6.07, 6.45) is 4.89. The number of para-hydroxylation sites is 1. The first kappa shape index (κ1) is 21.5. The van der Waals surface area contributed by atoms with Crippen LogP contribution >= 0.6 is 0 Å².